The fraction of sp³-hybridized carbons (Fsp3) is 0.562. The number of methoxy groups -OCH3 is 1. The first-order valence-electron chi connectivity index (χ1n) is 8.12. The second kappa shape index (κ2) is 8.13. The number of thioether (sulfide) groups is 1. The van der Waals surface area contributed by atoms with Gasteiger partial charge < -0.3 is 10.1 Å². The molecule has 130 valence electrons. The van der Waals surface area contributed by atoms with Gasteiger partial charge in [-0.15, -0.1) is 21.5 Å². The van der Waals surface area contributed by atoms with Crippen LogP contribution in [0.4, 0.5) is 0 Å². The molecule has 0 aliphatic heterocycles. The van der Waals surface area contributed by atoms with Crippen LogP contribution in [0.2, 0.25) is 0 Å². The molecule has 1 aliphatic rings. The lowest BCUT2D eigenvalue weighted by Gasteiger charge is -2.13. The molecule has 2 heterocycles. The number of nitrogens with one attached hydrogen (secondary N) is 1. The lowest BCUT2D eigenvalue weighted by molar-refractivity contribution is -0.120. The van der Waals surface area contributed by atoms with Gasteiger partial charge in [-0.25, -0.2) is 0 Å². The van der Waals surface area contributed by atoms with Gasteiger partial charge in [0.15, 0.2) is 11.0 Å². The van der Waals surface area contributed by atoms with Gasteiger partial charge in [-0.2, -0.15) is 0 Å². The highest BCUT2D eigenvalue weighted by Crippen LogP contribution is 2.42. The number of carbonyl (C=O) groups excluding carboxylic acids is 1. The predicted octanol–water partition coefficient (Wildman–Crippen LogP) is 2.97. The van der Waals surface area contributed by atoms with Gasteiger partial charge in [-0.05, 0) is 37.6 Å². The lowest BCUT2D eigenvalue weighted by atomic mass is 10.4. The molecule has 6 nitrogen and oxygen atoms in total. The Morgan fingerprint density at radius 1 is 1.54 bits per heavy atom. The van der Waals surface area contributed by atoms with Crippen molar-refractivity contribution in [2.24, 2.45) is 0 Å². The quantitative estimate of drug-likeness (QED) is 0.546. The van der Waals surface area contributed by atoms with Crippen LogP contribution in [0, 0.1) is 0 Å². The van der Waals surface area contributed by atoms with Crippen molar-refractivity contribution in [1.29, 1.82) is 0 Å². The molecule has 1 unspecified atom stereocenters. The van der Waals surface area contributed by atoms with Crippen LogP contribution in [0.15, 0.2) is 22.7 Å². The molecule has 0 saturated heterocycles. The van der Waals surface area contributed by atoms with Crippen molar-refractivity contribution in [1.82, 2.24) is 20.1 Å². The molecule has 8 heteroatoms. The monoisotopic (exact) mass is 366 g/mol. The molecular formula is C16H22N4O2S2. The predicted molar refractivity (Wildman–Crippen MR) is 96.4 cm³/mol. The van der Waals surface area contributed by atoms with E-state index in [4.69, 9.17) is 4.74 Å². The third-order valence-electron chi connectivity index (χ3n) is 3.79. The van der Waals surface area contributed by atoms with Crippen LogP contribution >= 0.6 is 23.1 Å². The second-order valence-corrected chi connectivity index (χ2v) is 8.04. The topological polar surface area (TPSA) is 69.0 Å². The van der Waals surface area contributed by atoms with Crippen LogP contribution in [-0.4, -0.2) is 46.2 Å². The zero-order valence-electron chi connectivity index (χ0n) is 13.9. The van der Waals surface area contributed by atoms with Gasteiger partial charge in [0, 0.05) is 26.3 Å². The molecule has 0 bridgehead atoms. The SMILES string of the molecule is COCCCNC(=O)C(C)Sc1nnc(-c2cccs2)n1C1CC1. The largest absolute Gasteiger partial charge is 0.385 e. The normalized spacial score (nSPS) is 15.4. The summed E-state index contributed by atoms with van der Waals surface area (Å²) in [4.78, 5) is 13.3. The first kappa shape index (κ1) is 17.4. The molecule has 0 radical (unpaired) electrons. The van der Waals surface area contributed by atoms with Crippen LogP contribution in [-0.2, 0) is 9.53 Å². The van der Waals surface area contributed by atoms with Crippen molar-refractivity contribution in [2.45, 2.75) is 42.6 Å². The maximum Gasteiger partial charge on any atom is 0.233 e. The summed E-state index contributed by atoms with van der Waals surface area (Å²) in [6.45, 7) is 3.20. The van der Waals surface area contributed by atoms with Gasteiger partial charge in [0.25, 0.3) is 0 Å². The van der Waals surface area contributed by atoms with Gasteiger partial charge in [0.1, 0.15) is 0 Å². The minimum atomic E-state index is -0.203. The Hall–Kier alpha value is -1.38. The van der Waals surface area contributed by atoms with Gasteiger partial charge >= 0.3 is 0 Å². The highest BCUT2D eigenvalue weighted by atomic mass is 32.2. The van der Waals surface area contributed by atoms with E-state index in [2.05, 4.69) is 26.1 Å². The number of aromatic nitrogens is 3. The first-order valence-corrected chi connectivity index (χ1v) is 9.88. The van der Waals surface area contributed by atoms with E-state index in [0.29, 0.717) is 19.2 Å². The van der Waals surface area contributed by atoms with Crippen LogP contribution in [0.5, 0.6) is 0 Å². The molecule has 0 spiro atoms. The van der Waals surface area contributed by atoms with Crippen LogP contribution in [0.3, 0.4) is 0 Å². The summed E-state index contributed by atoms with van der Waals surface area (Å²) in [6.07, 6.45) is 3.13. The van der Waals surface area contributed by atoms with Crippen LogP contribution in [0.25, 0.3) is 10.7 Å². The Balaban J connectivity index is 1.65. The fourth-order valence-electron chi connectivity index (χ4n) is 2.38. The highest BCUT2D eigenvalue weighted by Gasteiger charge is 2.31. The summed E-state index contributed by atoms with van der Waals surface area (Å²) >= 11 is 3.15. The molecule has 0 aromatic carbocycles. The average molecular weight is 367 g/mol. The molecule has 1 saturated carbocycles. The molecular weight excluding hydrogens is 344 g/mol. The molecule has 24 heavy (non-hydrogen) atoms. The summed E-state index contributed by atoms with van der Waals surface area (Å²) < 4.78 is 7.19. The van der Waals surface area contributed by atoms with Crippen molar-refractivity contribution in [2.75, 3.05) is 20.3 Å². The third kappa shape index (κ3) is 4.17. The van der Waals surface area contributed by atoms with Crippen LogP contribution < -0.4 is 5.32 Å². The maximum absolute atomic E-state index is 12.2. The number of ether oxygens (including phenoxy) is 1. The Morgan fingerprint density at radius 3 is 3.04 bits per heavy atom. The minimum absolute atomic E-state index is 0.0270. The summed E-state index contributed by atoms with van der Waals surface area (Å²) in [7, 11) is 1.66. The second-order valence-electron chi connectivity index (χ2n) is 5.78. The van der Waals surface area contributed by atoms with Crippen molar-refractivity contribution in [3.63, 3.8) is 0 Å². The molecule has 1 aliphatic carbocycles. The standard InChI is InChI=1S/C16H22N4O2S2/c1-11(15(21)17-8-4-9-22-2)24-16-19-18-14(13-5-3-10-23-13)20(16)12-6-7-12/h3,5,10-12H,4,6-9H2,1-2H3,(H,17,21). The smallest absolute Gasteiger partial charge is 0.233 e. The lowest BCUT2D eigenvalue weighted by Crippen LogP contribution is -2.32. The zero-order chi connectivity index (χ0) is 16.9. The molecule has 2 aromatic heterocycles. The Labute approximate surface area is 150 Å². The van der Waals surface area contributed by atoms with E-state index in [-0.39, 0.29) is 11.2 Å². The highest BCUT2D eigenvalue weighted by molar-refractivity contribution is 8.00. The van der Waals surface area contributed by atoms with Crippen molar-refractivity contribution < 1.29 is 9.53 Å². The van der Waals surface area contributed by atoms with Crippen LogP contribution in [0.1, 0.15) is 32.2 Å². The zero-order valence-corrected chi connectivity index (χ0v) is 15.5. The molecule has 1 fully saturated rings. The van der Waals surface area contributed by atoms with Crippen molar-refractivity contribution >= 4 is 29.0 Å². The van der Waals surface area contributed by atoms with E-state index in [9.17, 15) is 4.79 Å². The summed E-state index contributed by atoms with van der Waals surface area (Å²) in [6, 6.07) is 4.56. The Bertz CT molecular complexity index is 668. The number of carbonyl (C=O) groups is 1. The average Bonchev–Trinajstić information content (AvgIpc) is 3.10. The Morgan fingerprint density at radius 2 is 2.38 bits per heavy atom. The first-order chi connectivity index (χ1) is 11.7. The van der Waals surface area contributed by atoms with E-state index < -0.39 is 0 Å². The number of amides is 1. The minimum Gasteiger partial charge on any atom is -0.385 e. The number of nitrogens with zero attached hydrogens (tertiary/aromatic N) is 3. The van der Waals surface area contributed by atoms with Gasteiger partial charge in [0.2, 0.25) is 5.91 Å². The molecule has 3 rings (SSSR count). The number of hydrogen-bond acceptors (Lipinski definition) is 6. The maximum atomic E-state index is 12.2. The van der Waals surface area contributed by atoms with E-state index in [1.165, 1.54) is 11.8 Å². The summed E-state index contributed by atoms with van der Waals surface area (Å²) in [5.41, 5.74) is 0. The fourth-order valence-corrected chi connectivity index (χ4v) is 4.03. The number of rotatable bonds is 9. The van der Waals surface area contributed by atoms with Gasteiger partial charge in [-0.3, -0.25) is 9.36 Å². The van der Waals surface area contributed by atoms with Gasteiger partial charge in [0.05, 0.1) is 10.1 Å². The molecule has 1 N–H and O–H groups in total. The third-order valence-corrected chi connectivity index (χ3v) is 5.72. The molecule has 1 amide bonds. The summed E-state index contributed by atoms with van der Waals surface area (Å²) in [5.74, 6) is 0.946. The molecule has 2 aromatic rings. The van der Waals surface area contributed by atoms with Gasteiger partial charge in [-0.1, -0.05) is 17.8 Å². The van der Waals surface area contributed by atoms with E-state index in [1.54, 1.807) is 18.4 Å². The van der Waals surface area contributed by atoms with E-state index in [0.717, 1.165) is 35.1 Å². The molecule has 1 atom stereocenters. The number of hydrogen-bond donors (Lipinski definition) is 1. The Kier molecular flexibility index (Phi) is 5.91. The van der Waals surface area contributed by atoms with E-state index in [1.807, 2.05) is 18.4 Å². The number of thiophene rings is 1. The summed E-state index contributed by atoms with van der Waals surface area (Å²) in [5, 5.41) is 14.3. The van der Waals surface area contributed by atoms with E-state index >= 15 is 0 Å². The van der Waals surface area contributed by atoms with Crippen molar-refractivity contribution in [3.05, 3.63) is 17.5 Å². The van der Waals surface area contributed by atoms with Crippen molar-refractivity contribution in [3.8, 4) is 10.7 Å².